The first-order chi connectivity index (χ1) is 19.9. The molecule has 0 aliphatic carbocycles. The minimum absolute atomic E-state index is 0.195. The molecule has 0 bridgehead atoms. The first kappa shape index (κ1) is 26.1. The zero-order valence-corrected chi connectivity index (χ0v) is 21.3. The van der Waals surface area contributed by atoms with Gasteiger partial charge in [-0.05, 0) is 105 Å². The van der Waals surface area contributed by atoms with Crippen LogP contribution in [-0.4, -0.2) is 52.8 Å². The van der Waals surface area contributed by atoms with Crippen LogP contribution in [0.3, 0.4) is 0 Å². The number of hydrogen-bond acceptors (Lipinski definition) is 8. The van der Waals surface area contributed by atoms with Crippen LogP contribution in [0.15, 0.2) is 72.8 Å². The van der Waals surface area contributed by atoms with E-state index >= 15 is 0 Å². The summed E-state index contributed by atoms with van der Waals surface area (Å²) in [5.41, 5.74) is 0.145. The second-order valence-electron chi connectivity index (χ2n) is 9.87. The highest BCUT2D eigenvalue weighted by molar-refractivity contribution is 6.03. The van der Waals surface area contributed by atoms with Crippen LogP contribution < -0.4 is 0 Å². The van der Waals surface area contributed by atoms with Crippen molar-refractivity contribution in [1.29, 1.82) is 0 Å². The molecule has 6 aromatic rings. The van der Waals surface area contributed by atoms with Crippen molar-refractivity contribution in [3.63, 3.8) is 0 Å². The summed E-state index contributed by atoms with van der Waals surface area (Å²) in [4.78, 5) is 22.7. The Kier molecular flexibility index (Phi) is 5.72. The van der Waals surface area contributed by atoms with E-state index in [0.29, 0.717) is 32.3 Å². The van der Waals surface area contributed by atoms with Crippen LogP contribution in [0.2, 0.25) is 0 Å². The minimum atomic E-state index is -1.33. The standard InChI is InChI=1S/C32H20O10/c33-25-8-14-2-20(22-4-16-12-30(38)24(32(41)42)6-18(16)10-28(22)36)26(34)7-13(14)1-19(25)21-3-15-11-29(37)23(31(39)40)5-17(15)9-27(21)35/h1-12,33-38H,(H,39,40)(H,41,42). The molecule has 0 radical (unpaired) electrons. The molecule has 0 amide bonds. The molecule has 0 aliphatic rings. The number of rotatable bonds is 4. The smallest absolute Gasteiger partial charge is 0.339 e. The Morgan fingerprint density at radius 2 is 0.548 bits per heavy atom. The van der Waals surface area contributed by atoms with Gasteiger partial charge in [0, 0.05) is 22.3 Å². The number of fused-ring (bicyclic) bond motifs is 3. The summed E-state index contributed by atoms with van der Waals surface area (Å²) < 4.78 is 0. The molecular weight excluding hydrogens is 544 g/mol. The van der Waals surface area contributed by atoms with Crippen LogP contribution in [0, 0.1) is 0 Å². The number of carbonyl (C=O) groups is 2. The second-order valence-corrected chi connectivity index (χ2v) is 9.87. The molecule has 0 heterocycles. The van der Waals surface area contributed by atoms with Gasteiger partial charge >= 0.3 is 11.9 Å². The number of phenols is 6. The molecule has 10 nitrogen and oxygen atoms in total. The highest BCUT2D eigenvalue weighted by Crippen LogP contribution is 2.45. The first-order valence-electron chi connectivity index (χ1n) is 12.4. The number of aromatic carboxylic acids is 2. The van der Waals surface area contributed by atoms with E-state index in [1.807, 2.05) is 0 Å². The van der Waals surface area contributed by atoms with Crippen molar-refractivity contribution in [2.75, 3.05) is 0 Å². The number of phenolic OH excluding ortho intramolecular Hbond substituents is 4. The van der Waals surface area contributed by atoms with Gasteiger partial charge in [0.25, 0.3) is 0 Å². The molecule has 0 atom stereocenters. The van der Waals surface area contributed by atoms with Crippen molar-refractivity contribution in [1.82, 2.24) is 0 Å². The maximum Gasteiger partial charge on any atom is 0.339 e. The summed E-state index contributed by atoms with van der Waals surface area (Å²) in [6, 6.07) is 16.4. The van der Waals surface area contributed by atoms with Crippen LogP contribution in [0.5, 0.6) is 34.5 Å². The zero-order chi connectivity index (χ0) is 30.0. The van der Waals surface area contributed by atoms with Gasteiger partial charge < -0.3 is 40.9 Å². The molecule has 8 N–H and O–H groups in total. The van der Waals surface area contributed by atoms with Gasteiger partial charge in [0.05, 0.1) is 0 Å². The largest absolute Gasteiger partial charge is 0.507 e. The van der Waals surface area contributed by atoms with E-state index in [-0.39, 0.29) is 56.4 Å². The highest BCUT2D eigenvalue weighted by atomic mass is 16.4. The summed E-state index contributed by atoms with van der Waals surface area (Å²) in [5.74, 6) is -4.53. The summed E-state index contributed by atoms with van der Waals surface area (Å²) in [6.45, 7) is 0. The van der Waals surface area contributed by atoms with Crippen molar-refractivity contribution in [2.24, 2.45) is 0 Å². The van der Waals surface area contributed by atoms with Crippen molar-refractivity contribution >= 4 is 44.3 Å². The summed E-state index contributed by atoms with van der Waals surface area (Å²) in [7, 11) is 0. The normalized spacial score (nSPS) is 11.3. The molecule has 42 heavy (non-hydrogen) atoms. The number of carboxylic acid groups (broad SMARTS) is 2. The number of hydrogen-bond donors (Lipinski definition) is 8. The molecule has 10 heteroatoms. The van der Waals surface area contributed by atoms with E-state index in [1.165, 1.54) is 72.8 Å². The first-order valence-corrected chi connectivity index (χ1v) is 12.4. The fourth-order valence-electron chi connectivity index (χ4n) is 5.18. The van der Waals surface area contributed by atoms with Crippen LogP contribution in [-0.2, 0) is 0 Å². The average Bonchev–Trinajstić information content (AvgIpc) is 2.91. The third-order valence-corrected chi connectivity index (χ3v) is 7.25. The maximum absolute atomic E-state index is 11.4. The minimum Gasteiger partial charge on any atom is -0.507 e. The summed E-state index contributed by atoms with van der Waals surface area (Å²) >= 11 is 0. The molecule has 208 valence electrons. The fraction of sp³-hybridized carbons (Fsp3) is 0. The Hall–Kier alpha value is -6.16. The predicted octanol–water partition coefficient (Wildman–Crippen LogP) is 6.11. The Bertz CT molecular complexity index is 2010. The van der Waals surface area contributed by atoms with Gasteiger partial charge in [0.2, 0.25) is 0 Å². The molecule has 6 aromatic carbocycles. The van der Waals surface area contributed by atoms with Crippen molar-refractivity contribution in [3.8, 4) is 56.8 Å². The number of aromatic hydroxyl groups is 6. The molecule has 0 saturated heterocycles. The second kappa shape index (κ2) is 9.20. The van der Waals surface area contributed by atoms with Crippen LogP contribution >= 0.6 is 0 Å². The average molecular weight is 565 g/mol. The van der Waals surface area contributed by atoms with E-state index < -0.39 is 23.4 Å². The van der Waals surface area contributed by atoms with Gasteiger partial charge in [-0.3, -0.25) is 0 Å². The quantitative estimate of drug-likeness (QED) is 0.124. The van der Waals surface area contributed by atoms with Crippen LogP contribution in [0.1, 0.15) is 20.7 Å². The van der Waals surface area contributed by atoms with Gasteiger partial charge in [-0.25, -0.2) is 9.59 Å². The maximum atomic E-state index is 11.4. The monoisotopic (exact) mass is 564 g/mol. The molecule has 0 fully saturated rings. The molecular formula is C32H20O10. The molecule has 0 spiro atoms. The van der Waals surface area contributed by atoms with Gasteiger partial charge in [-0.2, -0.15) is 0 Å². The molecule has 0 saturated carbocycles. The number of benzene rings is 6. The van der Waals surface area contributed by atoms with Crippen molar-refractivity contribution < 1.29 is 50.4 Å². The molecule has 0 aliphatic heterocycles. The SMILES string of the molecule is O=C(O)c1cc2cc(O)c(-c3cc4cc(O)c(-c5cc6cc(O)c(C(=O)O)cc6cc5O)cc4cc3O)cc2cc1O. The lowest BCUT2D eigenvalue weighted by Crippen LogP contribution is -1.96. The van der Waals surface area contributed by atoms with E-state index in [1.54, 1.807) is 0 Å². The van der Waals surface area contributed by atoms with Gasteiger partial charge in [0.1, 0.15) is 45.6 Å². The molecule has 0 aromatic heterocycles. The Morgan fingerprint density at radius 1 is 0.333 bits per heavy atom. The van der Waals surface area contributed by atoms with Gasteiger partial charge in [-0.1, -0.05) is 0 Å². The van der Waals surface area contributed by atoms with E-state index in [2.05, 4.69) is 0 Å². The lowest BCUT2D eigenvalue weighted by Gasteiger charge is -2.14. The van der Waals surface area contributed by atoms with E-state index in [0.717, 1.165) is 0 Å². The van der Waals surface area contributed by atoms with Crippen LogP contribution in [0.4, 0.5) is 0 Å². The van der Waals surface area contributed by atoms with Gasteiger partial charge in [-0.15, -0.1) is 0 Å². The predicted molar refractivity (Wildman–Crippen MR) is 154 cm³/mol. The topological polar surface area (TPSA) is 196 Å². The highest BCUT2D eigenvalue weighted by Gasteiger charge is 2.19. The van der Waals surface area contributed by atoms with Crippen LogP contribution in [0.25, 0.3) is 54.6 Å². The summed E-state index contributed by atoms with van der Waals surface area (Å²) in [6.07, 6.45) is 0. The summed E-state index contributed by atoms with van der Waals surface area (Å²) in [5, 5.41) is 84.6. The lowest BCUT2D eigenvalue weighted by atomic mass is 9.93. The molecule has 0 unspecified atom stereocenters. The van der Waals surface area contributed by atoms with Crippen molar-refractivity contribution in [3.05, 3.63) is 83.9 Å². The van der Waals surface area contributed by atoms with E-state index in [4.69, 9.17) is 0 Å². The Balaban J connectivity index is 1.48. The van der Waals surface area contributed by atoms with Crippen molar-refractivity contribution in [2.45, 2.75) is 0 Å². The lowest BCUT2D eigenvalue weighted by molar-refractivity contribution is 0.0682. The fourth-order valence-corrected chi connectivity index (χ4v) is 5.18. The zero-order valence-electron chi connectivity index (χ0n) is 21.3. The number of carboxylic acids is 2. The van der Waals surface area contributed by atoms with Gasteiger partial charge in [0.15, 0.2) is 0 Å². The van der Waals surface area contributed by atoms with E-state index in [9.17, 15) is 50.4 Å². The third kappa shape index (κ3) is 4.14. The molecule has 6 rings (SSSR count). The third-order valence-electron chi connectivity index (χ3n) is 7.25. The Morgan fingerprint density at radius 3 is 0.786 bits per heavy atom. The Labute approximate surface area is 235 Å².